The van der Waals surface area contributed by atoms with E-state index >= 15 is 0 Å². The van der Waals surface area contributed by atoms with E-state index in [2.05, 4.69) is 41.0 Å². The molecule has 0 saturated carbocycles. The zero-order chi connectivity index (χ0) is 21.6. The number of ether oxygens (including phenoxy) is 2. The van der Waals surface area contributed by atoms with E-state index in [4.69, 9.17) is 9.47 Å². The van der Waals surface area contributed by atoms with Gasteiger partial charge in [-0.05, 0) is 40.7 Å². The fraction of sp³-hybridized carbons (Fsp3) is 0.458. The van der Waals surface area contributed by atoms with Crippen LogP contribution in [0.3, 0.4) is 0 Å². The van der Waals surface area contributed by atoms with Gasteiger partial charge in [-0.3, -0.25) is 4.79 Å². The average molecular weight is 421 g/mol. The van der Waals surface area contributed by atoms with Crippen molar-refractivity contribution in [2.75, 3.05) is 38.3 Å². The predicted octanol–water partition coefficient (Wildman–Crippen LogP) is 3.26. The number of hydrogen-bond donors (Lipinski definition) is 0. The monoisotopic (exact) mass is 420 g/mol. The minimum Gasteiger partial charge on any atom is -0.378 e. The maximum absolute atomic E-state index is 13.3. The Labute approximate surface area is 182 Å². The molecule has 1 saturated heterocycles. The highest BCUT2D eigenvalue weighted by Gasteiger charge is 2.40. The first-order chi connectivity index (χ1) is 15.0. The smallest absolute Gasteiger partial charge is 0.172 e. The third kappa shape index (κ3) is 3.51. The maximum Gasteiger partial charge on any atom is 0.172 e. The van der Waals surface area contributed by atoms with Gasteiger partial charge in [0.25, 0.3) is 0 Å². The van der Waals surface area contributed by atoms with Crippen LogP contribution in [0, 0.1) is 5.41 Å². The Hall–Kier alpha value is -2.77. The summed E-state index contributed by atoms with van der Waals surface area (Å²) in [6.07, 6.45) is 6.42. The van der Waals surface area contributed by atoms with Gasteiger partial charge >= 0.3 is 0 Å². The number of fused-ring (bicyclic) bond motifs is 2. The molecular weight excluding hydrogens is 392 g/mol. The first-order valence-corrected chi connectivity index (χ1v) is 10.8. The first-order valence-electron chi connectivity index (χ1n) is 10.8. The van der Waals surface area contributed by atoms with Gasteiger partial charge in [-0.2, -0.15) is 5.10 Å². The number of anilines is 1. The topological polar surface area (TPSA) is 69.0 Å². The Morgan fingerprint density at radius 1 is 1.29 bits per heavy atom. The predicted molar refractivity (Wildman–Crippen MR) is 118 cm³/mol. The van der Waals surface area contributed by atoms with E-state index in [1.54, 1.807) is 36.3 Å². The molecule has 0 bridgehead atoms. The molecular formula is C24H28N4O3. The van der Waals surface area contributed by atoms with Crippen molar-refractivity contribution in [1.29, 1.82) is 0 Å². The Balaban J connectivity index is 1.55. The number of carbonyl (C=O) groups excluding carboxylic acids is 1. The molecule has 0 spiro atoms. The Morgan fingerprint density at radius 2 is 2.10 bits per heavy atom. The van der Waals surface area contributed by atoms with Crippen LogP contribution in [0.4, 0.5) is 5.69 Å². The van der Waals surface area contributed by atoms with Gasteiger partial charge in [-0.15, -0.1) is 0 Å². The summed E-state index contributed by atoms with van der Waals surface area (Å²) in [5, 5.41) is 4.28. The minimum atomic E-state index is 0.0222. The van der Waals surface area contributed by atoms with Gasteiger partial charge in [0.15, 0.2) is 11.4 Å². The summed E-state index contributed by atoms with van der Waals surface area (Å²) in [6, 6.07) is 6.28. The van der Waals surface area contributed by atoms with E-state index in [1.807, 2.05) is 0 Å². The van der Waals surface area contributed by atoms with Crippen LogP contribution in [0.1, 0.15) is 47.0 Å². The van der Waals surface area contributed by atoms with Gasteiger partial charge in [0.05, 0.1) is 31.1 Å². The quantitative estimate of drug-likeness (QED) is 0.590. The lowest BCUT2D eigenvalue weighted by atomic mass is 9.87. The minimum absolute atomic E-state index is 0.0222. The molecule has 1 fully saturated rings. The number of benzene rings is 1. The van der Waals surface area contributed by atoms with E-state index in [9.17, 15) is 4.79 Å². The highest BCUT2D eigenvalue weighted by Crippen LogP contribution is 2.49. The highest BCUT2D eigenvalue weighted by atomic mass is 16.5. The van der Waals surface area contributed by atoms with Gasteiger partial charge in [-0.25, -0.2) is 9.50 Å². The SMILES string of the molecule is COC1c2cc(N3CCOCC3)c(CC(=O)c3cnn4cccnc34)cc2CC1(C)C. The summed E-state index contributed by atoms with van der Waals surface area (Å²) in [7, 11) is 1.78. The summed E-state index contributed by atoms with van der Waals surface area (Å²) < 4.78 is 13.1. The van der Waals surface area contributed by atoms with Gasteiger partial charge in [0, 0.05) is 44.7 Å². The molecule has 162 valence electrons. The Bertz CT molecular complexity index is 1130. The lowest BCUT2D eigenvalue weighted by molar-refractivity contribution is 0.0190. The molecule has 1 aromatic carbocycles. The van der Waals surface area contributed by atoms with Crippen molar-refractivity contribution in [1.82, 2.24) is 14.6 Å². The first kappa shape index (κ1) is 20.2. The van der Waals surface area contributed by atoms with E-state index in [1.165, 1.54) is 11.1 Å². The summed E-state index contributed by atoms with van der Waals surface area (Å²) in [5.74, 6) is 0.0312. The van der Waals surface area contributed by atoms with Crippen molar-refractivity contribution in [3.8, 4) is 0 Å². The summed E-state index contributed by atoms with van der Waals surface area (Å²) in [6.45, 7) is 7.51. The number of Topliss-reactive ketones (excluding diaryl/α,β-unsaturated/α-hetero) is 1. The summed E-state index contributed by atoms with van der Waals surface area (Å²) in [4.78, 5) is 20.0. The van der Waals surface area contributed by atoms with Gasteiger partial charge in [0.2, 0.25) is 0 Å². The molecule has 0 radical (unpaired) electrons. The highest BCUT2D eigenvalue weighted by molar-refractivity contribution is 6.03. The average Bonchev–Trinajstić information content (AvgIpc) is 3.30. The molecule has 1 aliphatic heterocycles. The van der Waals surface area contributed by atoms with Gasteiger partial charge < -0.3 is 14.4 Å². The number of ketones is 1. The Morgan fingerprint density at radius 3 is 2.87 bits per heavy atom. The summed E-state index contributed by atoms with van der Waals surface area (Å²) >= 11 is 0. The van der Waals surface area contributed by atoms with Gasteiger partial charge in [-0.1, -0.05) is 19.9 Å². The second-order valence-electron chi connectivity index (χ2n) is 9.11. The second-order valence-corrected chi connectivity index (χ2v) is 9.11. The third-order valence-corrected chi connectivity index (χ3v) is 6.50. The van der Waals surface area contributed by atoms with Crippen molar-refractivity contribution in [3.05, 3.63) is 59.0 Å². The van der Waals surface area contributed by atoms with Crippen molar-refractivity contribution in [2.24, 2.45) is 5.41 Å². The zero-order valence-electron chi connectivity index (χ0n) is 18.3. The van der Waals surface area contributed by atoms with E-state index in [0.717, 1.165) is 30.8 Å². The largest absolute Gasteiger partial charge is 0.378 e. The number of nitrogens with zero attached hydrogens (tertiary/aromatic N) is 4. The molecule has 2 aliphatic rings. The van der Waals surface area contributed by atoms with Crippen LogP contribution in [0.5, 0.6) is 0 Å². The molecule has 1 aliphatic carbocycles. The number of aromatic nitrogens is 3. The zero-order valence-corrected chi connectivity index (χ0v) is 18.3. The number of morpholine rings is 1. The maximum atomic E-state index is 13.3. The normalized spacial score (nSPS) is 20.2. The molecule has 5 rings (SSSR count). The number of methoxy groups -OCH3 is 1. The lowest BCUT2D eigenvalue weighted by Gasteiger charge is -2.32. The number of carbonyl (C=O) groups is 1. The van der Waals surface area contributed by atoms with Crippen molar-refractivity contribution < 1.29 is 14.3 Å². The number of rotatable bonds is 5. The molecule has 1 atom stereocenters. The fourth-order valence-electron chi connectivity index (χ4n) is 5.08. The fourth-order valence-corrected chi connectivity index (χ4v) is 5.08. The van der Waals surface area contributed by atoms with Gasteiger partial charge in [0.1, 0.15) is 0 Å². The molecule has 0 N–H and O–H groups in total. The molecule has 0 amide bonds. The molecule has 31 heavy (non-hydrogen) atoms. The second kappa shape index (κ2) is 7.73. The lowest BCUT2D eigenvalue weighted by Crippen LogP contribution is -2.37. The van der Waals surface area contributed by atoms with Crippen molar-refractivity contribution >= 4 is 17.1 Å². The van der Waals surface area contributed by atoms with Crippen molar-refractivity contribution in [2.45, 2.75) is 32.8 Å². The molecule has 3 heterocycles. The number of hydrogen-bond acceptors (Lipinski definition) is 6. The van der Waals surface area contributed by atoms with Crippen LogP contribution in [0.15, 0.2) is 36.8 Å². The molecule has 2 aromatic heterocycles. The van der Waals surface area contributed by atoms with E-state index in [0.29, 0.717) is 30.8 Å². The van der Waals surface area contributed by atoms with Crippen LogP contribution in [0.2, 0.25) is 0 Å². The Kier molecular flexibility index (Phi) is 5.02. The van der Waals surface area contributed by atoms with Crippen molar-refractivity contribution in [3.63, 3.8) is 0 Å². The molecule has 7 heteroatoms. The third-order valence-electron chi connectivity index (χ3n) is 6.50. The standard InChI is InChI=1S/C24H28N4O3/c1-24(2)14-17-11-16(12-21(29)19-15-26-28-6-4-5-25-23(19)28)20(13-18(17)22(24)30-3)27-7-9-31-10-8-27/h4-6,11,13,15,22H,7-10,12,14H2,1-3H3. The van der Waals surface area contributed by atoms with Crippen LogP contribution < -0.4 is 4.90 Å². The van der Waals surface area contributed by atoms with Crippen LogP contribution >= 0.6 is 0 Å². The van der Waals surface area contributed by atoms with Crippen LogP contribution in [-0.4, -0.2) is 53.8 Å². The van der Waals surface area contributed by atoms with Crippen LogP contribution in [0.25, 0.3) is 5.65 Å². The summed E-state index contributed by atoms with van der Waals surface area (Å²) in [5.41, 5.74) is 5.85. The molecule has 3 aromatic rings. The van der Waals surface area contributed by atoms with Crippen LogP contribution in [-0.2, 0) is 22.3 Å². The molecule has 7 nitrogen and oxygen atoms in total. The van der Waals surface area contributed by atoms with E-state index < -0.39 is 0 Å². The van der Waals surface area contributed by atoms with E-state index in [-0.39, 0.29) is 17.3 Å². The molecule has 1 unspecified atom stereocenters.